The molecule has 4 heteroatoms. The van der Waals surface area contributed by atoms with Crippen LogP contribution in [0.1, 0.15) is 31.9 Å². The third-order valence-corrected chi connectivity index (χ3v) is 2.47. The smallest absolute Gasteiger partial charge is 0.129 e. The number of nitrogens with one attached hydrogen (secondary N) is 1. The van der Waals surface area contributed by atoms with Crippen LogP contribution in [0.4, 0.5) is 8.78 Å². The standard InChI is InChI=1S/C12H17F2NO/c1-3-6-15-8(2)12(16)10-7-9(13)4-5-11(10)14/h4-5,7-8,12,15-16H,3,6H2,1-2H3. The van der Waals surface area contributed by atoms with Crippen molar-refractivity contribution in [1.29, 1.82) is 0 Å². The number of aliphatic hydroxyl groups is 1. The maximum absolute atomic E-state index is 13.3. The molecule has 0 saturated heterocycles. The minimum atomic E-state index is -1.04. The fourth-order valence-corrected chi connectivity index (χ4v) is 1.49. The van der Waals surface area contributed by atoms with E-state index in [-0.39, 0.29) is 11.6 Å². The summed E-state index contributed by atoms with van der Waals surface area (Å²) in [6.07, 6.45) is -0.120. The van der Waals surface area contributed by atoms with Gasteiger partial charge in [0.05, 0.1) is 6.10 Å². The fourth-order valence-electron chi connectivity index (χ4n) is 1.49. The summed E-state index contributed by atoms with van der Waals surface area (Å²) in [5, 5.41) is 12.9. The first-order valence-corrected chi connectivity index (χ1v) is 5.42. The van der Waals surface area contributed by atoms with Crippen LogP contribution in [-0.4, -0.2) is 17.7 Å². The SMILES string of the molecule is CCCNC(C)C(O)c1cc(F)ccc1F. The Bertz CT molecular complexity index is 344. The maximum Gasteiger partial charge on any atom is 0.129 e. The van der Waals surface area contributed by atoms with Crippen molar-refractivity contribution < 1.29 is 13.9 Å². The quantitative estimate of drug-likeness (QED) is 0.812. The molecule has 2 atom stereocenters. The molecule has 0 saturated carbocycles. The van der Waals surface area contributed by atoms with E-state index in [0.29, 0.717) is 0 Å². The molecule has 0 aromatic heterocycles. The summed E-state index contributed by atoms with van der Waals surface area (Å²) < 4.78 is 26.3. The van der Waals surface area contributed by atoms with E-state index in [4.69, 9.17) is 0 Å². The Hall–Kier alpha value is -1.00. The van der Waals surface area contributed by atoms with Crippen molar-refractivity contribution in [3.63, 3.8) is 0 Å². The van der Waals surface area contributed by atoms with Crippen LogP contribution < -0.4 is 5.32 Å². The molecule has 0 heterocycles. The van der Waals surface area contributed by atoms with Gasteiger partial charge in [-0.25, -0.2) is 8.78 Å². The Morgan fingerprint density at radius 2 is 2.06 bits per heavy atom. The van der Waals surface area contributed by atoms with Gasteiger partial charge in [0.2, 0.25) is 0 Å². The highest BCUT2D eigenvalue weighted by Crippen LogP contribution is 2.21. The average molecular weight is 229 g/mol. The second-order valence-corrected chi connectivity index (χ2v) is 3.85. The van der Waals surface area contributed by atoms with Gasteiger partial charge in [0, 0.05) is 11.6 Å². The summed E-state index contributed by atoms with van der Waals surface area (Å²) in [4.78, 5) is 0. The fraction of sp³-hybridized carbons (Fsp3) is 0.500. The lowest BCUT2D eigenvalue weighted by atomic mass is 10.0. The highest BCUT2D eigenvalue weighted by molar-refractivity contribution is 5.22. The summed E-state index contributed by atoms with van der Waals surface area (Å²) in [6.45, 7) is 4.47. The molecule has 0 spiro atoms. The molecule has 0 amide bonds. The monoisotopic (exact) mass is 229 g/mol. The lowest BCUT2D eigenvalue weighted by Gasteiger charge is -2.20. The third-order valence-electron chi connectivity index (χ3n) is 2.47. The summed E-state index contributed by atoms with van der Waals surface area (Å²) in [5.74, 6) is -1.13. The lowest BCUT2D eigenvalue weighted by Crippen LogP contribution is -2.33. The number of halogens is 2. The number of aliphatic hydroxyl groups excluding tert-OH is 1. The van der Waals surface area contributed by atoms with Crippen molar-refractivity contribution in [2.75, 3.05) is 6.54 Å². The van der Waals surface area contributed by atoms with E-state index in [1.165, 1.54) is 0 Å². The molecule has 2 nitrogen and oxygen atoms in total. The van der Waals surface area contributed by atoms with E-state index in [1.54, 1.807) is 6.92 Å². The predicted molar refractivity (Wildman–Crippen MR) is 59.1 cm³/mol. The van der Waals surface area contributed by atoms with Crippen LogP contribution in [0.25, 0.3) is 0 Å². The van der Waals surface area contributed by atoms with Crippen molar-refractivity contribution in [1.82, 2.24) is 5.32 Å². The molecule has 0 aliphatic rings. The Labute approximate surface area is 94.3 Å². The molecular formula is C12H17F2NO. The molecule has 0 bridgehead atoms. The summed E-state index contributed by atoms with van der Waals surface area (Å²) >= 11 is 0. The molecule has 1 rings (SSSR count). The van der Waals surface area contributed by atoms with Crippen molar-refractivity contribution in [3.8, 4) is 0 Å². The van der Waals surface area contributed by atoms with Crippen LogP contribution >= 0.6 is 0 Å². The van der Waals surface area contributed by atoms with Gasteiger partial charge in [-0.05, 0) is 38.1 Å². The van der Waals surface area contributed by atoms with Gasteiger partial charge < -0.3 is 10.4 Å². The highest BCUT2D eigenvalue weighted by Gasteiger charge is 2.19. The van der Waals surface area contributed by atoms with Gasteiger partial charge in [0.25, 0.3) is 0 Å². The average Bonchev–Trinajstić information content (AvgIpc) is 2.28. The molecule has 2 N–H and O–H groups in total. The molecule has 0 aliphatic heterocycles. The van der Waals surface area contributed by atoms with Crippen molar-refractivity contribution in [2.24, 2.45) is 0 Å². The number of hydrogen-bond donors (Lipinski definition) is 2. The number of hydrogen-bond acceptors (Lipinski definition) is 2. The van der Waals surface area contributed by atoms with Gasteiger partial charge in [-0.15, -0.1) is 0 Å². The normalized spacial score (nSPS) is 14.8. The van der Waals surface area contributed by atoms with E-state index < -0.39 is 17.7 Å². The predicted octanol–water partition coefficient (Wildman–Crippen LogP) is 2.39. The molecule has 1 aromatic rings. The molecule has 1 aromatic carbocycles. The minimum Gasteiger partial charge on any atom is -0.387 e. The van der Waals surface area contributed by atoms with Crippen LogP contribution in [0.3, 0.4) is 0 Å². The Morgan fingerprint density at radius 1 is 1.38 bits per heavy atom. The van der Waals surface area contributed by atoms with E-state index in [1.807, 2.05) is 6.92 Å². The molecular weight excluding hydrogens is 212 g/mol. The van der Waals surface area contributed by atoms with Crippen LogP contribution in [0.2, 0.25) is 0 Å². The van der Waals surface area contributed by atoms with Crippen molar-refractivity contribution >= 4 is 0 Å². The highest BCUT2D eigenvalue weighted by atomic mass is 19.1. The zero-order chi connectivity index (χ0) is 12.1. The Morgan fingerprint density at radius 3 is 2.69 bits per heavy atom. The van der Waals surface area contributed by atoms with Gasteiger partial charge in [-0.3, -0.25) is 0 Å². The number of benzene rings is 1. The van der Waals surface area contributed by atoms with Gasteiger partial charge in [-0.1, -0.05) is 6.92 Å². The van der Waals surface area contributed by atoms with Crippen molar-refractivity contribution in [2.45, 2.75) is 32.4 Å². The van der Waals surface area contributed by atoms with Gasteiger partial charge >= 0.3 is 0 Å². The lowest BCUT2D eigenvalue weighted by molar-refractivity contribution is 0.132. The van der Waals surface area contributed by atoms with Crippen LogP contribution in [-0.2, 0) is 0 Å². The van der Waals surface area contributed by atoms with E-state index >= 15 is 0 Å². The zero-order valence-corrected chi connectivity index (χ0v) is 9.50. The number of rotatable bonds is 5. The topological polar surface area (TPSA) is 32.3 Å². The second-order valence-electron chi connectivity index (χ2n) is 3.85. The summed E-state index contributed by atoms with van der Waals surface area (Å²) in [7, 11) is 0. The first-order valence-electron chi connectivity index (χ1n) is 5.42. The first-order chi connectivity index (χ1) is 7.56. The van der Waals surface area contributed by atoms with Gasteiger partial charge in [0.1, 0.15) is 11.6 Å². The largest absolute Gasteiger partial charge is 0.387 e. The molecule has 0 fully saturated rings. The molecule has 2 unspecified atom stereocenters. The van der Waals surface area contributed by atoms with Crippen LogP contribution in [0, 0.1) is 11.6 Å². The summed E-state index contributed by atoms with van der Waals surface area (Å²) in [6, 6.07) is 2.79. The van der Waals surface area contributed by atoms with E-state index in [0.717, 1.165) is 31.2 Å². The van der Waals surface area contributed by atoms with E-state index in [9.17, 15) is 13.9 Å². The van der Waals surface area contributed by atoms with Crippen LogP contribution in [0.15, 0.2) is 18.2 Å². The van der Waals surface area contributed by atoms with Gasteiger partial charge in [0.15, 0.2) is 0 Å². The minimum absolute atomic E-state index is 0.00361. The van der Waals surface area contributed by atoms with Gasteiger partial charge in [-0.2, -0.15) is 0 Å². The maximum atomic E-state index is 13.3. The Balaban J connectivity index is 2.78. The molecule has 0 radical (unpaired) electrons. The Kier molecular flexibility index (Phi) is 4.83. The second kappa shape index (κ2) is 5.92. The molecule has 16 heavy (non-hydrogen) atoms. The first kappa shape index (κ1) is 13.1. The van der Waals surface area contributed by atoms with Crippen LogP contribution in [0.5, 0.6) is 0 Å². The zero-order valence-electron chi connectivity index (χ0n) is 9.50. The molecule has 0 aliphatic carbocycles. The third kappa shape index (κ3) is 3.25. The van der Waals surface area contributed by atoms with E-state index in [2.05, 4.69) is 5.32 Å². The van der Waals surface area contributed by atoms with Crippen molar-refractivity contribution in [3.05, 3.63) is 35.4 Å². The molecule has 90 valence electrons. The summed E-state index contributed by atoms with van der Waals surface area (Å²) in [5.41, 5.74) is -0.00361.